The lowest BCUT2D eigenvalue weighted by atomic mass is 10.0. The summed E-state index contributed by atoms with van der Waals surface area (Å²) in [4.78, 5) is 21.9. The molecule has 1 amide bonds. The van der Waals surface area contributed by atoms with E-state index in [1.54, 1.807) is 0 Å². The molecule has 1 N–H and O–H groups in total. The van der Waals surface area contributed by atoms with Gasteiger partial charge in [-0.1, -0.05) is 0 Å². The molecule has 0 aromatic rings. The van der Waals surface area contributed by atoms with Crippen LogP contribution >= 0.6 is 0 Å². The number of hydrogen-bond donors (Lipinski definition) is 1. The van der Waals surface area contributed by atoms with E-state index >= 15 is 0 Å². The first kappa shape index (κ1) is 9.03. The summed E-state index contributed by atoms with van der Waals surface area (Å²) in [5, 5.41) is 2.67. The fourth-order valence-electron chi connectivity index (χ4n) is 1.30. The number of nitrogens with one attached hydrogen (secondary N) is 1. The minimum absolute atomic E-state index is 0.0291. The van der Waals surface area contributed by atoms with Gasteiger partial charge < -0.3 is 10.1 Å². The highest BCUT2D eigenvalue weighted by atomic mass is 16.5. The average molecular weight is 171 g/mol. The number of amides is 1. The summed E-state index contributed by atoms with van der Waals surface area (Å²) in [5.74, 6) is -0.347. The standard InChI is InChI=1S/C8H13NO3/c1-12-8(11)6-3-2-4-7(10)9-5-6/h6H,2-5H2,1H3,(H,9,10). The molecule has 0 aromatic carbocycles. The molecular weight excluding hydrogens is 158 g/mol. The number of ether oxygens (including phenoxy) is 1. The maximum absolute atomic E-state index is 11.1. The van der Waals surface area contributed by atoms with E-state index in [1.807, 2.05) is 0 Å². The van der Waals surface area contributed by atoms with Crippen molar-refractivity contribution in [3.8, 4) is 0 Å². The third-order valence-corrected chi connectivity index (χ3v) is 2.04. The predicted molar refractivity (Wildman–Crippen MR) is 42.4 cm³/mol. The van der Waals surface area contributed by atoms with Gasteiger partial charge in [0.15, 0.2) is 0 Å². The Labute approximate surface area is 71.3 Å². The Morgan fingerprint density at radius 2 is 2.42 bits per heavy atom. The Hall–Kier alpha value is -1.06. The van der Waals surface area contributed by atoms with Crippen molar-refractivity contribution in [2.24, 2.45) is 5.92 Å². The van der Waals surface area contributed by atoms with E-state index in [0.717, 1.165) is 12.8 Å². The SMILES string of the molecule is COC(=O)C1CCCC(=O)NC1. The molecule has 1 rings (SSSR count). The summed E-state index contributed by atoms with van der Waals surface area (Å²) < 4.78 is 4.59. The Kier molecular flexibility index (Phi) is 3.08. The number of rotatable bonds is 1. The minimum Gasteiger partial charge on any atom is -0.469 e. The van der Waals surface area contributed by atoms with Gasteiger partial charge in [0.1, 0.15) is 0 Å². The molecule has 0 radical (unpaired) electrons. The Morgan fingerprint density at radius 3 is 3.08 bits per heavy atom. The molecule has 0 aromatic heterocycles. The highest BCUT2D eigenvalue weighted by Crippen LogP contribution is 2.12. The van der Waals surface area contributed by atoms with Crippen LogP contribution in [0, 0.1) is 5.92 Å². The molecule has 0 bridgehead atoms. The minimum atomic E-state index is -0.225. The monoisotopic (exact) mass is 171 g/mol. The van der Waals surface area contributed by atoms with Crippen molar-refractivity contribution < 1.29 is 14.3 Å². The molecule has 4 nitrogen and oxygen atoms in total. The lowest BCUT2D eigenvalue weighted by Crippen LogP contribution is -2.30. The second-order valence-corrected chi connectivity index (χ2v) is 2.92. The maximum Gasteiger partial charge on any atom is 0.310 e. The van der Waals surface area contributed by atoms with Crippen molar-refractivity contribution in [3.63, 3.8) is 0 Å². The zero-order chi connectivity index (χ0) is 8.97. The maximum atomic E-state index is 11.1. The van der Waals surface area contributed by atoms with Crippen LogP contribution in [0.5, 0.6) is 0 Å². The van der Waals surface area contributed by atoms with Crippen molar-refractivity contribution in [2.75, 3.05) is 13.7 Å². The van der Waals surface area contributed by atoms with E-state index in [2.05, 4.69) is 10.1 Å². The zero-order valence-corrected chi connectivity index (χ0v) is 7.13. The summed E-state index contributed by atoms with van der Waals surface area (Å²) in [7, 11) is 1.37. The largest absolute Gasteiger partial charge is 0.469 e. The van der Waals surface area contributed by atoms with Crippen molar-refractivity contribution in [1.82, 2.24) is 5.32 Å². The summed E-state index contributed by atoms with van der Waals surface area (Å²) in [6.07, 6.45) is 2.03. The number of carbonyl (C=O) groups excluding carboxylic acids is 2. The first-order chi connectivity index (χ1) is 5.74. The molecule has 1 fully saturated rings. The van der Waals surface area contributed by atoms with Crippen LogP contribution in [0.4, 0.5) is 0 Å². The molecule has 1 aliphatic heterocycles. The van der Waals surface area contributed by atoms with Gasteiger partial charge in [0.25, 0.3) is 0 Å². The van der Waals surface area contributed by atoms with Gasteiger partial charge in [-0.2, -0.15) is 0 Å². The van der Waals surface area contributed by atoms with Gasteiger partial charge in [-0.15, -0.1) is 0 Å². The van der Waals surface area contributed by atoms with Crippen molar-refractivity contribution >= 4 is 11.9 Å². The van der Waals surface area contributed by atoms with Crippen molar-refractivity contribution in [2.45, 2.75) is 19.3 Å². The molecular formula is C8H13NO3. The normalized spacial score (nSPS) is 24.1. The van der Waals surface area contributed by atoms with Gasteiger partial charge in [0, 0.05) is 13.0 Å². The van der Waals surface area contributed by atoms with E-state index in [-0.39, 0.29) is 17.8 Å². The van der Waals surface area contributed by atoms with E-state index < -0.39 is 0 Å². The smallest absolute Gasteiger partial charge is 0.310 e. The predicted octanol–water partition coefficient (Wildman–Crippen LogP) is 0.0757. The molecule has 1 unspecified atom stereocenters. The lowest BCUT2D eigenvalue weighted by Gasteiger charge is -2.10. The molecule has 0 aliphatic carbocycles. The van der Waals surface area contributed by atoms with E-state index in [0.29, 0.717) is 13.0 Å². The molecule has 1 saturated heterocycles. The highest BCUT2D eigenvalue weighted by molar-refractivity contribution is 5.78. The van der Waals surface area contributed by atoms with Gasteiger partial charge in [0.05, 0.1) is 13.0 Å². The summed E-state index contributed by atoms with van der Waals surface area (Å²) in [6.45, 7) is 0.422. The Bertz CT molecular complexity index is 191. The van der Waals surface area contributed by atoms with Crippen LogP contribution in [0.3, 0.4) is 0 Å². The summed E-state index contributed by atoms with van der Waals surface area (Å²) in [6, 6.07) is 0. The lowest BCUT2D eigenvalue weighted by molar-refractivity contribution is -0.145. The van der Waals surface area contributed by atoms with Crippen LogP contribution in [0.15, 0.2) is 0 Å². The molecule has 0 saturated carbocycles. The van der Waals surface area contributed by atoms with Crippen LogP contribution in [0.2, 0.25) is 0 Å². The second kappa shape index (κ2) is 4.09. The van der Waals surface area contributed by atoms with E-state index in [1.165, 1.54) is 7.11 Å². The average Bonchev–Trinajstić information content (AvgIpc) is 2.29. The van der Waals surface area contributed by atoms with Crippen LogP contribution in [0.1, 0.15) is 19.3 Å². The first-order valence-corrected chi connectivity index (χ1v) is 4.08. The molecule has 68 valence electrons. The fraction of sp³-hybridized carbons (Fsp3) is 0.750. The van der Waals surface area contributed by atoms with Gasteiger partial charge in [-0.25, -0.2) is 0 Å². The van der Waals surface area contributed by atoms with E-state index in [9.17, 15) is 9.59 Å². The zero-order valence-electron chi connectivity index (χ0n) is 7.13. The van der Waals surface area contributed by atoms with Gasteiger partial charge >= 0.3 is 5.97 Å². The van der Waals surface area contributed by atoms with Crippen molar-refractivity contribution in [3.05, 3.63) is 0 Å². The van der Waals surface area contributed by atoms with Crippen LogP contribution < -0.4 is 5.32 Å². The molecule has 4 heteroatoms. The van der Waals surface area contributed by atoms with Gasteiger partial charge in [-0.3, -0.25) is 9.59 Å². The number of esters is 1. The first-order valence-electron chi connectivity index (χ1n) is 4.08. The molecule has 1 aliphatic rings. The Balaban J connectivity index is 2.45. The van der Waals surface area contributed by atoms with Gasteiger partial charge in [0.2, 0.25) is 5.91 Å². The Morgan fingerprint density at radius 1 is 1.67 bits per heavy atom. The van der Waals surface area contributed by atoms with Crippen LogP contribution in [0.25, 0.3) is 0 Å². The third kappa shape index (κ3) is 2.22. The number of methoxy groups -OCH3 is 1. The quantitative estimate of drug-likeness (QED) is 0.568. The fourth-order valence-corrected chi connectivity index (χ4v) is 1.30. The second-order valence-electron chi connectivity index (χ2n) is 2.92. The molecule has 1 atom stereocenters. The molecule has 0 spiro atoms. The third-order valence-electron chi connectivity index (χ3n) is 2.04. The summed E-state index contributed by atoms with van der Waals surface area (Å²) >= 11 is 0. The van der Waals surface area contributed by atoms with Crippen LogP contribution in [-0.4, -0.2) is 25.5 Å². The summed E-state index contributed by atoms with van der Waals surface area (Å²) in [5.41, 5.74) is 0. The number of hydrogen-bond acceptors (Lipinski definition) is 3. The van der Waals surface area contributed by atoms with E-state index in [4.69, 9.17) is 0 Å². The highest BCUT2D eigenvalue weighted by Gasteiger charge is 2.22. The molecule has 12 heavy (non-hydrogen) atoms. The topological polar surface area (TPSA) is 55.4 Å². The number of carbonyl (C=O) groups is 2. The van der Waals surface area contributed by atoms with Gasteiger partial charge in [-0.05, 0) is 12.8 Å². The van der Waals surface area contributed by atoms with Crippen molar-refractivity contribution in [1.29, 1.82) is 0 Å². The van der Waals surface area contributed by atoms with Crippen LogP contribution in [-0.2, 0) is 14.3 Å². The molecule has 1 heterocycles.